The molecule has 0 radical (unpaired) electrons. The lowest BCUT2D eigenvalue weighted by Gasteiger charge is -2.45. The fraction of sp³-hybridized carbons (Fsp3) is 0.400. The molecule has 2 aromatic carbocycles. The van der Waals surface area contributed by atoms with Gasteiger partial charge in [-0.05, 0) is 48.8 Å². The number of carbonyl (C=O) groups excluding carboxylic acids is 1. The quantitative estimate of drug-likeness (QED) is 0.774. The van der Waals surface area contributed by atoms with Gasteiger partial charge in [0.1, 0.15) is 0 Å². The smallest absolute Gasteiger partial charge is 0.262 e. The van der Waals surface area contributed by atoms with E-state index in [-0.39, 0.29) is 23.4 Å². The van der Waals surface area contributed by atoms with Crippen molar-refractivity contribution in [2.75, 3.05) is 7.11 Å². The van der Waals surface area contributed by atoms with Gasteiger partial charge < -0.3 is 10.5 Å². The standard InChI is InChI=1S/C25H26N4O2/c1-27-19-9-8-18-15-24(12-10-20(31-2)11-13-24)25(21(18)14-19)22(30)29(23(26)28-25)16-17-6-4-3-5-7-17/h3-9,14,20H,10-13,15-16H2,2H3,(H2,26,28). The van der Waals surface area contributed by atoms with E-state index in [9.17, 15) is 4.79 Å². The average Bonchev–Trinajstić information content (AvgIpc) is 3.21. The van der Waals surface area contributed by atoms with Crippen LogP contribution >= 0.6 is 0 Å². The summed E-state index contributed by atoms with van der Waals surface area (Å²) in [5.41, 5.74) is 8.53. The molecule has 1 amide bonds. The Morgan fingerprint density at radius 1 is 1.23 bits per heavy atom. The van der Waals surface area contributed by atoms with Crippen LogP contribution in [-0.4, -0.2) is 30.0 Å². The second-order valence-corrected chi connectivity index (χ2v) is 8.90. The van der Waals surface area contributed by atoms with Crippen molar-refractivity contribution in [1.82, 2.24) is 4.90 Å². The van der Waals surface area contributed by atoms with Crippen LogP contribution in [0, 0.1) is 12.0 Å². The van der Waals surface area contributed by atoms with Crippen LogP contribution in [0.1, 0.15) is 42.4 Å². The normalized spacial score (nSPS) is 29.3. The van der Waals surface area contributed by atoms with E-state index < -0.39 is 5.54 Å². The molecule has 6 nitrogen and oxygen atoms in total. The van der Waals surface area contributed by atoms with Crippen LogP contribution in [0.2, 0.25) is 0 Å². The summed E-state index contributed by atoms with van der Waals surface area (Å²) in [6.45, 7) is 7.88. The van der Waals surface area contributed by atoms with Gasteiger partial charge in [0, 0.05) is 12.5 Å². The molecule has 1 unspecified atom stereocenters. The van der Waals surface area contributed by atoms with Crippen LogP contribution in [0.4, 0.5) is 5.69 Å². The third-order valence-electron chi connectivity index (χ3n) is 7.43. The molecule has 0 aromatic heterocycles. The molecular weight excluding hydrogens is 388 g/mol. The topological polar surface area (TPSA) is 72.3 Å². The van der Waals surface area contributed by atoms with Gasteiger partial charge in [-0.25, -0.2) is 9.84 Å². The number of hydrogen-bond donors (Lipinski definition) is 1. The molecule has 5 rings (SSSR count). The zero-order chi connectivity index (χ0) is 21.6. The molecule has 2 N–H and O–H groups in total. The minimum atomic E-state index is -1.05. The first-order valence-electron chi connectivity index (χ1n) is 10.8. The van der Waals surface area contributed by atoms with Crippen molar-refractivity contribution in [3.63, 3.8) is 0 Å². The number of benzene rings is 2. The molecule has 1 atom stereocenters. The summed E-state index contributed by atoms with van der Waals surface area (Å²) >= 11 is 0. The molecule has 1 aliphatic heterocycles. The number of hydrogen-bond acceptors (Lipinski definition) is 4. The minimum absolute atomic E-state index is 0.0643. The molecular formula is C25H26N4O2. The van der Waals surface area contributed by atoms with E-state index in [1.165, 1.54) is 0 Å². The Kier molecular flexibility index (Phi) is 4.60. The number of guanidine groups is 1. The molecule has 1 saturated carbocycles. The number of nitrogens with two attached hydrogens (primary N) is 1. The molecule has 2 aliphatic carbocycles. The fourth-order valence-electron chi connectivity index (χ4n) is 5.84. The number of methoxy groups -OCH3 is 1. The summed E-state index contributed by atoms with van der Waals surface area (Å²) in [5, 5.41) is 0. The van der Waals surface area contributed by atoms with E-state index in [0.717, 1.165) is 48.8 Å². The van der Waals surface area contributed by atoms with E-state index in [4.69, 9.17) is 22.0 Å². The third kappa shape index (κ3) is 2.80. The maximum atomic E-state index is 14.2. The zero-order valence-electron chi connectivity index (χ0n) is 17.7. The van der Waals surface area contributed by atoms with Gasteiger partial charge in [-0.2, -0.15) is 0 Å². The summed E-state index contributed by atoms with van der Waals surface area (Å²) in [5.74, 6) is 0.203. The summed E-state index contributed by atoms with van der Waals surface area (Å²) in [7, 11) is 1.75. The summed E-state index contributed by atoms with van der Waals surface area (Å²) in [6.07, 6.45) is 4.46. The fourth-order valence-corrected chi connectivity index (χ4v) is 5.84. The van der Waals surface area contributed by atoms with E-state index in [0.29, 0.717) is 12.2 Å². The van der Waals surface area contributed by atoms with Crippen molar-refractivity contribution in [2.24, 2.45) is 16.1 Å². The predicted molar refractivity (Wildman–Crippen MR) is 118 cm³/mol. The number of rotatable bonds is 3. The Hall–Kier alpha value is -3.17. The zero-order valence-corrected chi connectivity index (χ0v) is 17.7. The lowest BCUT2D eigenvalue weighted by atomic mass is 9.61. The Balaban J connectivity index is 1.62. The van der Waals surface area contributed by atoms with Gasteiger partial charge in [0.15, 0.2) is 17.2 Å². The third-order valence-corrected chi connectivity index (χ3v) is 7.43. The van der Waals surface area contributed by atoms with Gasteiger partial charge in [0.05, 0.1) is 19.2 Å². The highest BCUT2D eigenvalue weighted by atomic mass is 16.5. The Morgan fingerprint density at radius 2 is 1.97 bits per heavy atom. The number of carbonyl (C=O) groups is 1. The first kappa shape index (κ1) is 19.8. The van der Waals surface area contributed by atoms with Crippen LogP contribution in [0.5, 0.6) is 0 Å². The van der Waals surface area contributed by atoms with Gasteiger partial charge in [0.25, 0.3) is 5.91 Å². The largest absolute Gasteiger partial charge is 0.381 e. The Labute approximate surface area is 182 Å². The van der Waals surface area contributed by atoms with Gasteiger partial charge >= 0.3 is 0 Å². The minimum Gasteiger partial charge on any atom is -0.381 e. The van der Waals surface area contributed by atoms with Crippen molar-refractivity contribution >= 4 is 17.6 Å². The molecule has 1 fully saturated rings. The second-order valence-electron chi connectivity index (χ2n) is 8.90. The highest BCUT2D eigenvalue weighted by molar-refractivity contribution is 6.08. The summed E-state index contributed by atoms with van der Waals surface area (Å²) in [4.78, 5) is 24.3. The van der Waals surface area contributed by atoms with Crippen LogP contribution in [-0.2, 0) is 28.0 Å². The molecule has 1 heterocycles. The molecule has 3 aliphatic rings. The van der Waals surface area contributed by atoms with Gasteiger partial charge in [-0.1, -0.05) is 48.5 Å². The van der Waals surface area contributed by atoms with Crippen molar-refractivity contribution in [3.8, 4) is 0 Å². The van der Waals surface area contributed by atoms with Crippen LogP contribution < -0.4 is 5.73 Å². The number of ether oxygens (including phenoxy) is 1. The second kappa shape index (κ2) is 7.21. The first-order valence-corrected chi connectivity index (χ1v) is 10.8. The van der Waals surface area contributed by atoms with E-state index >= 15 is 0 Å². The van der Waals surface area contributed by atoms with Gasteiger partial charge in [-0.3, -0.25) is 9.69 Å². The SMILES string of the molecule is [C-]#[N+]c1ccc2c(c1)C1(N=C(N)N(Cc3ccccc3)C1=O)C1(CCC(OC)CC1)C2. The van der Waals surface area contributed by atoms with E-state index in [1.54, 1.807) is 12.0 Å². The number of fused-ring (bicyclic) bond motifs is 3. The van der Waals surface area contributed by atoms with Crippen LogP contribution in [0.15, 0.2) is 53.5 Å². The van der Waals surface area contributed by atoms with Crippen molar-refractivity contribution in [3.05, 3.63) is 76.6 Å². The number of amides is 1. The van der Waals surface area contributed by atoms with Crippen molar-refractivity contribution in [2.45, 2.75) is 50.3 Å². The molecule has 31 heavy (non-hydrogen) atoms. The summed E-state index contributed by atoms with van der Waals surface area (Å²) in [6, 6.07) is 15.6. The maximum Gasteiger partial charge on any atom is 0.262 e. The Bertz CT molecular complexity index is 1100. The predicted octanol–water partition coefficient (Wildman–Crippen LogP) is 3.92. The van der Waals surface area contributed by atoms with Crippen molar-refractivity contribution < 1.29 is 9.53 Å². The monoisotopic (exact) mass is 414 g/mol. The van der Waals surface area contributed by atoms with E-state index in [1.807, 2.05) is 48.5 Å². The first-order chi connectivity index (χ1) is 15.0. The van der Waals surface area contributed by atoms with E-state index in [2.05, 4.69) is 4.85 Å². The molecule has 0 saturated heterocycles. The molecule has 6 heteroatoms. The highest BCUT2D eigenvalue weighted by Gasteiger charge is 2.66. The van der Waals surface area contributed by atoms with Crippen LogP contribution in [0.3, 0.4) is 0 Å². The molecule has 0 bridgehead atoms. The number of aliphatic imine (C=N–C) groups is 1. The average molecular weight is 415 g/mol. The number of nitrogens with zero attached hydrogens (tertiary/aromatic N) is 3. The Morgan fingerprint density at radius 3 is 2.65 bits per heavy atom. The summed E-state index contributed by atoms with van der Waals surface area (Å²) < 4.78 is 5.61. The molecule has 2 spiro atoms. The molecule has 2 aromatic rings. The van der Waals surface area contributed by atoms with Crippen molar-refractivity contribution in [1.29, 1.82) is 0 Å². The molecule has 158 valence electrons. The lowest BCUT2D eigenvalue weighted by molar-refractivity contribution is -0.138. The van der Waals surface area contributed by atoms with Crippen LogP contribution in [0.25, 0.3) is 4.85 Å². The maximum absolute atomic E-state index is 14.2. The van der Waals surface area contributed by atoms with Gasteiger partial charge in [0.2, 0.25) is 0 Å². The van der Waals surface area contributed by atoms with Gasteiger partial charge in [-0.15, -0.1) is 0 Å². The lowest BCUT2D eigenvalue weighted by Crippen LogP contribution is -2.52. The highest BCUT2D eigenvalue weighted by Crippen LogP contribution is 2.62.